The molecule has 2 aromatic rings. The molecular formula is C15H12BrClF3N3O3. The molecule has 3 N–H and O–H groups in total. The molecule has 140 valence electrons. The number of hydrogen-bond donors (Lipinski definition) is 3. The highest BCUT2D eigenvalue weighted by atomic mass is 79.9. The number of pyridine rings is 1. The molecule has 0 bridgehead atoms. The van der Waals surface area contributed by atoms with Crippen molar-refractivity contribution in [3.63, 3.8) is 0 Å². The minimum atomic E-state index is -1.77. The van der Waals surface area contributed by atoms with E-state index in [-0.39, 0.29) is 30.5 Å². The Morgan fingerprint density at radius 3 is 2.69 bits per heavy atom. The first-order valence-corrected chi connectivity index (χ1v) is 8.30. The number of anilines is 2. The summed E-state index contributed by atoms with van der Waals surface area (Å²) in [5.41, 5.74) is 0.724. The van der Waals surface area contributed by atoms with Crippen molar-refractivity contribution in [1.82, 2.24) is 10.5 Å². The van der Waals surface area contributed by atoms with Gasteiger partial charge in [-0.1, -0.05) is 11.6 Å². The molecule has 0 spiro atoms. The minimum Gasteiger partial charge on any atom is -0.396 e. The van der Waals surface area contributed by atoms with E-state index in [1.54, 1.807) is 0 Å². The van der Waals surface area contributed by atoms with Crippen molar-refractivity contribution in [1.29, 1.82) is 0 Å². The SMILES string of the molecule is O=C(NOCCCO)c1cc(F)c(F)c(F)c1Nc1ncc(Br)cc1Cl. The second-order valence-electron chi connectivity index (χ2n) is 4.87. The van der Waals surface area contributed by atoms with Crippen LogP contribution >= 0.6 is 27.5 Å². The number of aliphatic hydroxyl groups is 1. The van der Waals surface area contributed by atoms with Crippen LogP contribution in [0.5, 0.6) is 0 Å². The molecule has 0 fully saturated rings. The Hall–Kier alpha value is -1.88. The number of carbonyl (C=O) groups excluding carboxylic acids is 1. The highest BCUT2D eigenvalue weighted by Gasteiger charge is 2.24. The van der Waals surface area contributed by atoms with Crippen molar-refractivity contribution >= 4 is 44.9 Å². The molecule has 0 radical (unpaired) electrons. The molecule has 2 rings (SSSR count). The fourth-order valence-corrected chi connectivity index (χ4v) is 2.51. The lowest BCUT2D eigenvalue weighted by molar-refractivity contribution is 0.0262. The molecule has 0 aliphatic carbocycles. The van der Waals surface area contributed by atoms with Crippen LogP contribution < -0.4 is 10.8 Å². The number of aromatic nitrogens is 1. The second kappa shape index (κ2) is 9.17. The van der Waals surface area contributed by atoms with Gasteiger partial charge < -0.3 is 10.4 Å². The number of nitrogens with one attached hydrogen (secondary N) is 2. The van der Waals surface area contributed by atoms with Gasteiger partial charge in [-0.15, -0.1) is 0 Å². The Morgan fingerprint density at radius 1 is 1.31 bits per heavy atom. The molecule has 0 saturated heterocycles. The normalized spacial score (nSPS) is 10.7. The van der Waals surface area contributed by atoms with Crippen molar-refractivity contribution in [3.05, 3.63) is 50.8 Å². The van der Waals surface area contributed by atoms with Gasteiger partial charge in [0, 0.05) is 17.3 Å². The van der Waals surface area contributed by atoms with Crippen LogP contribution in [0.25, 0.3) is 0 Å². The van der Waals surface area contributed by atoms with Gasteiger partial charge >= 0.3 is 0 Å². The van der Waals surface area contributed by atoms with Gasteiger partial charge in [-0.2, -0.15) is 0 Å². The van der Waals surface area contributed by atoms with E-state index >= 15 is 0 Å². The molecule has 0 aliphatic heterocycles. The predicted molar refractivity (Wildman–Crippen MR) is 91.7 cm³/mol. The van der Waals surface area contributed by atoms with Gasteiger partial charge in [0.2, 0.25) is 0 Å². The topological polar surface area (TPSA) is 83.5 Å². The van der Waals surface area contributed by atoms with E-state index in [9.17, 15) is 18.0 Å². The third-order valence-corrected chi connectivity index (χ3v) is 3.75. The predicted octanol–water partition coefficient (Wildman–Crippen LogP) is 3.70. The maximum absolute atomic E-state index is 14.2. The maximum atomic E-state index is 14.2. The zero-order chi connectivity index (χ0) is 19.3. The molecule has 26 heavy (non-hydrogen) atoms. The number of aliphatic hydroxyl groups excluding tert-OH is 1. The molecule has 0 saturated carbocycles. The van der Waals surface area contributed by atoms with Crippen LogP contribution in [0.15, 0.2) is 22.8 Å². The summed E-state index contributed by atoms with van der Waals surface area (Å²) in [7, 11) is 0. The number of hydrogen-bond acceptors (Lipinski definition) is 5. The number of halogens is 5. The largest absolute Gasteiger partial charge is 0.396 e. The Morgan fingerprint density at radius 2 is 2.04 bits per heavy atom. The third kappa shape index (κ3) is 4.85. The summed E-state index contributed by atoms with van der Waals surface area (Å²) >= 11 is 9.10. The highest BCUT2D eigenvalue weighted by Crippen LogP contribution is 2.31. The first-order valence-electron chi connectivity index (χ1n) is 7.13. The van der Waals surface area contributed by atoms with Crippen molar-refractivity contribution in [2.75, 3.05) is 18.5 Å². The van der Waals surface area contributed by atoms with E-state index in [0.717, 1.165) is 0 Å². The van der Waals surface area contributed by atoms with Gasteiger partial charge in [0.1, 0.15) is 5.82 Å². The quantitative estimate of drug-likeness (QED) is 0.338. The van der Waals surface area contributed by atoms with Crippen LogP contribution in [0.2, 0.25) is 5.02 Å². The molecule has 1 heterocycles. The number of amides is 1. The van der Waals surface area contributed by atoms with Gasteiger partial charge in [0.25, 0.3) is 5.91 Å². The number of hydroxylamine groups is 1. The molecule has 1 amide bonds. The Labute approximate surface area is 159 Å². The highest BCUT2D eigenvalue weighted by molar-refractivity contribution is 9.10. The summed E-state index contributed by atoms with van der Waals surface area (Å²) in [6.45, 7) is -0.201. The minimum absolute atomic E-state index is 0.0305. The number of nitrogens with zero attached hydrogens (tertiary/aromatic N) is 1. The zero-order valence-corrected chi connectivity index (χ0v) is 15.3. The molecule has 0 unspecified atom stereocenters. The fourth-order valence-electron chi connectivity index (χ4n) is 1.83. The van der Waals surface area contributed by atoms with Gasteiger partial charge in [-0.3, -0.25) is 9.63 Å². The summed E-state index contributed by atoms with van der Waals surface area (Å²) in [6, 6.07) is 1.95. The molecule has 0 aliphatic rings. The van der Waals surface area contributed by atoms with Gasteiger partial charge in [-0.05, 0) is 34.5 Å². The van der Waals surface area contributed by atoms with Crippen LogP contribution in [0, 0.1) is 17.5 Å². The number of rotatable bonds is 7. The average molecular weight is 455 g/mol. The smallest absolute Gasteiger partial charge is 0.277 e. The van der Waals surface area contributed by atoms with Crippen LogP contribution in [0.3, 0.4) is 0 Å². The summed E-state index contributed by atoms with van der Waals surface area (Å²) < 4.78 is 41.9. The molecular weight excluding hydrogens is 443 g/mol. The maximum Gasteiger partial charge on any atom is 0.277 e. The summed E-state index contributed by atoms with van der Waals surface area (Å²) in [4.78, 5) is 20.8. The first kappa shape index (κ1) is 20.4. The third-order valence-electron chi connectivity index (χ3n) is 3.03. The average Bonchev–Trinajstić information content (AvgIpc) is 2.60. The Balaban J connectivity index is 2.36. The van der Waals surface area contributed by atoms with Gasteiger partial charge in [-0.25, -0.2) is 23.6 Å². The van der Waals surface area contributed by atoms with Gasteiger partial charge in [0.05, 0.1) is 22.9 Å². The summed E-state index contributed by atoms with van der Waals surface area (Å²) in [6.07, 6.45) is 1.57. The lowest BCUT2D eigenvalue weighted by Crippen LogP contribution is -2.26. The Kier molecular flexibility index (Phi) is 7.21. The number of benzene rings is 1. The van der Waals surface area contributed by atoms with Crippen molar-refractivity contribution in [3.8, 4) is 0 Å². The summed E-state index contributed by atoms with van der Waals surface area (Å²) in [5, 5.41) is 11.1. The molecule has 11 heteroatoms. The van der Waals surface area contributed by atoms with Crippen LogP contribution in [-0.2, 0) is 4.84 Å². The van der Waals surface area contributed by atoms with E-state index in [2.05, 4.69) is 26.2 Å². The molecule has 0 atom stereocenters. The fraction of sp³-hybridized carbons (Fsp3) is 0.200. The van der Waals surface area contributed by atoms with E-state index < -0.39 is 34.6 Å². The van der Waals surface area contributed by atoms with Crippen LogP contribution in [0.1, 0.15) is 16.8 Å². The molecule has 1 aromatic carbocycles. The zero-order valence-electron chi connectivity index (χ0n) is 13.0. The van der Waals surface area contributed by atoms with E-state index in [1.165, 1.54) is 12.3 Å². The second-order valence-corrected chi connectivity index (χ2v) is 6.20. The number of carbonyl (C=O) groups is 1. The monoisotopic (exact) mass is 453 g/mol. The van der Waals surface area contributed by atoms with E-state index in [0.29, 0.717) is 10.5 Å². The lowest BCUT2D eigenvalue weighted by Gasteiger charge is -2.14. The molecule has 1 aromatic heterocycles. The lowest BCUT2D eigenvalue weighted by atomic mass is 10.1. The molecule has 6 nitrogen and oxygen atoms in total. The van der Waals surface area contributed by atoms with Crippen LogP contribution in [-0.4, -0.2) is 29.2 Å². The van der Waals surface area contributed by atoms with E-state index in [4.69, 9.17) is 21.5 Å². The van der Waals surface area contributed by atoms with Gasteiger partial charge in [0.15, 0.2) is 17.5 Å². The van der Waals surface area contributed by atoms with Crippen molar-refractivity contribution in [2.24, 2.45) is 0 Å². The Bertz CT molecular complexity index is 826. The first-order chi connectivity index (χ1) is 12.3. The summed E-state index contributed by atoms with van der Waals surface area (Å²) in [5.74, 6) is -6.04. The van der Waals surface area contributed by atoms with Crippen LogP contribution in [0.4, 0.5) is 24.7 Å². The van der Waals surface area contributed by atoms with Crippen molar-refractivity contribution < 1.29 is 27.9 Å². The standard InChI is InChI=1S/C15H12BrClF3N3O3/c16-7-4-9(17)14(21-6-7)22-13-8(5-10(18)11(19)12(13)20)15(25)23-26-3-1-2-24/h4-6,24H,1-3H2,(H,21,22)(H,23,25). The van der Waals surface area contributed by atoms with Crippen molar-refractivity contribution in [2.45, 2.75) is 6.42 Å². The van der Waals surface area contributed by atoms with E-state index in [1.807, 2.05) is 5.48 Å².